The van der Waals surface area contributed by atoms with Crippen molar-refractivity contribution in [3.8, 4) is 0 Å². The first-order chi connectivity index (χ1) is 6.34. The van der Waals surface area contributed by atoms with Crippen LogP contribution in [0.4, 0.5) is 5.69 Å². The summed E-state index contributed by atoms with van der Waals surface area (Å²) in [7, 11) is 0. The highest BCUT2D eigenvalue weighted by Crippen LogP contribution is 2.13. The lowest BCUT2D eigenvalue weighted by molar-refractivity contribution is -0.116. The molecular formula is C9H7N3O. The van der Waals surface area contributed by atoms with E-state index in [0.717, 1.165) is 5.69 Å². The zero-order valence-corrected chi connectivity index (χ0v) is 6.84. The average Bonchev–Trinajstić information content (AvgIpc) is 2.53. The normalized spacial score (nSPS) is 18.5. The van der Waals surface area contributed by atoms with Gasteiger partial charge in [-0.05, 0) is 12.1 Å². The summed E-state index contributed by atoms with van der Waals surface area (Å²) in [5, 5.41) is 7.01. The van der Waals surface area contributed by atoms with Gasteiger partial charge < -0.3 is 0 Å². The van der Waals surface area contributed by atoms with Crippen molar-refractivity contribution in [3.05, 3.63) is 30.3 Å². The van der Waals surface area contributed by atoms with E-state index in [1.165, 1.54) is 0 Å². The van der Waals surface area contributed by atoms with E-state index >= 15 is 0 Å². The fourth-order valence-electron chi connectivity index (χ4n) is 1.03. The van der Waals surface area contributed by atoms with Crippen LogP contribution in [-0.2, 0) is 4.79 Å². The lowest BCUT2D eigenvalue weighted by Crippen LogP contribution is -1.92. The largest absolute Gasteiger partial charge is 0.272 e. The van der Waals surface area contributed by atoms with Crippen LogP contribution < -0.4 is 0 Å². The van der Waals surface area contributed by atoms with E-state index < -0.39 is 0 Å². The number of carbonyl (C=O) groups excluding carboxylic acids is 1. The van der Waals surface area contributed by atoms with Crippen molar-refractivity contribution in [2.75, 3.05) is 0 Å². The highest BCUT2D eigenvalue weighted by atomic mass is 16.2. The molecule has 1 aliphatic heterocycles. The van der Waals surface area contributed by atoms with Gasteiger partial charge in [-0.25, -0.2) is 4.99 Å². The predicted molar refractivity (Wildman–Crippen MR) is 48.0 cm³/mol. The second kappa shape index (κ2) is 3.26. The van der Waals surface area contributed by atoms with Gasteiger partial charge >= 0.3 is 0 Å². The van der Waals surface area contributed by atoms with Crippen LogP contribution >= 0.6 is 0 Å². The van der Waals surface area contributed by atoms with Crippen LogP contribution in [0.25, 0.3) is 0 Å². The fourth-order valence-corrected chi connectivity index (χ4v) is 1.03. The van der Waals surface area contributed by atoms with Crippen molar-refractivity contribution in [2.24, 2.45) is 15.2 Å². The first-order valence-corrected chi connectivity index (χ1v) is 3.92. The Balaban J connectivity index is 2.23. The molecule has 0 unspecified atom stereocenters. The summed E-state index contributed by atoms with van der Waals surface area (Å²) in [6.45, 7) is 0. The predicted octanol–water partition coefficient (Wildman–Crippen LogP) is 2.10. The number of amidine groups is 1. The SMILES string of the molecule is O=C1CC(=Nc2ccccc2)N=N1. The third-order valence-corrected chi connectivity index (χ3v) is 1.60. The van der Waals surface area contributed by atoms with Gasteiger partial charge in [-0.3, -0.25) is 4.79 Å². The molecule has 1 aliphatic rings. The van der Waals surface area contributed by atoms with E-state index in [9.17, 15) is 4.79 Å². The van der Waals surface area contributed by atoms with Gasteiger partial charge in [0.15, 0.2) is 5.84 Å². The maximum Gasteiger partial charge on any atom is 0.272 e. The molecule has 0 saturated heterocycles. The number of rotatable bonds is 1. The topological polar surface area (TPSA) is 54.1 Å². The molecule has 0 saturated carbocycles. The molecule has 0 aromatic heterocycles. The van der Waals surface area contributed by atoms with Crippen molar-refractivity contribution in [2.45, 2.75) is 6.42 Å². The van der Waals surface area contributed by atoms with Crippen LogP contribution in [0.1, 0.15) is 6.42 Å². The van der Waals surface area contributed by atoms with E-state index in [1.807, 2.05) is 30.3 Å². The number of aliphatic imine (C=N–C) groups is 1. The van der Waals surface area contributed by atoms with Crippen LogP contribution in [0.15, 0.2) is 45.6 Å². The molecule has 2 rings (SSSR count). The van der Waals surface area contributed by atoms with Crippen molar-refractivity contribution in [1.29, 1.82) is 0 Å². The molecule has 1 heterocycles. The highest BCUT2D eigenvalue weighted by molar-refractivity contribution is 6.05. The van der Waals surface area contributed by atoms with Crippen molar-refractivity contribution in [1.82, 2.24) is 0 Å². The monoisotopic (exact) mass is 173 g/mol. The van der Waals surface area contributed by atoms with Gasteiger partial charge in [0.2, 0.25) is 0 Å². The van der Waals surface area contributed by atoms with E-state index in [0.29, 0.717) is 5.84 Å². The Morgan fingerprint density at radius 1 is 1.15 bits per heavy atom. The zero-order chi connectivity index (χ0) is 9.10. The third-order valence-electron chi connectivity index (χ3n) is 1.60. The van der Waals surface area contributed by atoms with Crippen LogP contribution in [-0.4, -0.2) is 11.7 Å². The van der Waals surface area contributed by atoms with Gasteiger partial charge in [-0.1, -0.05) is 18.2 Å². The molecule has 1 amide bonds. The lowest BCUT2D eigenvalue weighted by Gasteiger charge is -1.91. The summed E-state index contributed by atoms with van der Waals surface area (Å²) < 4.78 is 0. The molecular weight excluding hydrogens is 166 g/mol. The summed E-state index contributed by atoms with van der Waals surface area (Å²) >= 11 is 0. The maximum atomic E-state index is 10.7. The van der Waals surface area contributed by atoms with Crippen molar-refractivity contribution in [3.63, 3.8) is 0 Å². The summed E-state index contributed by atoms with van der Waals surface area (Å²) in [5.41, 5.74) is 0.797. The zero-order valence-electron chi connectivity index (χ0n) is 6.84. The van der Waals surface area contributed by atoms with E-state index in [4.69, 9.17) is 0 Å². The maximum absolute atomic E-state index is 10.7. The Morgan fingerprint density at radius 3 is 2.54 bits per heavy atom. The second-order valence-electron chi connectivity index (χ2n) is 2.63. The number of benzene rings is 1. The molecule has 1 aromatic rings. The number of azo groups is 1. The minimum absolute atomic E-state index is 0.217. The Hall–Kier alpha value is -1.84. The van der Waals surface area contributed by atoms with Crippen LogP contribution in [0.3, 0.4) is 0 Å². The number of para-hydroxylation sites is 1. The molecule has 0 bridgehead atoms. The fraction of sp³-hybridized carbons (Fsp3) is 0.111. The van der Waals surface area contributed by atoms with Gasteiger partial charge in [0, 0.05) is 0 Å². The van der Waals surface area contributed by atoms with E-state index in [-0.39, 0.29) is 12.3 Å². The van der Waals surface area contributed by atoms with Crippen LogP contribution in [0, 0.1) is 0 Å². The number of amides is 1. The molecule has 1 aromatic carbocycles. The molecule has 0 N–H and O–H groups in total. The molecule has 64 valence electrons. The molecule has 0 fully saturated rings. The quantitative estimate of drug-likeness (QED) is 0.641. The Labute approximate surface area is 75.0 Å². The Kier molecular flexibility index (Phi) is 1.96. The number of nitrogens with zero attached hydrogens (tertiary/aromatic N) is 3. The number of hydrogen-bond acceptors (Lipinski definition) is 2. The number of hydrogen-bond donors (Lipinski definition) is 0. The molecule has 0 aliphatic carbocycles. The first kappa shape index (κ1) is 7.79. The van der Waals surface area contributed by atoms with Crippen LogP contribution in [0.2, 0.25) is 0 Å². The van der Waals surface area contributed by atoms with E-state index in [1.54, 1.807) is 0 Å². The van der Waals surface area contributed by atoms with Gasteiger partial charge in [0.25, 0.3) is 5.91 Å². The molecule has 0 spiro atoms. The summed E-state index contributed by atoms with van der Waals surface area (Å²) in [6.07, 6.45) is 0.217. The van der Waals surface area contributed by atoms with Crippen LogP contribution in [0.5, 0.6) is 0 Å². The summed E-state index contributed by atoms with van der Waals surface area (Å²) in [6, 6.07) is 9.38. The first-order valence-electron chi connectivity index (χ1n) is 3.92. The second-order valence-corrected chi connectivity index (χ2v) is 2.63. The van der Waals surface area contributed by atoms with Crippen molar-refractivity contribution >= 4 is 17.4 Å². The lowest BCUT2D eigenvalue weighted by atomic mass is 10.3. The van der Waals surface area contributed by atoms with E-state index in [2.05, 4.69) is 15.2 Å². The smallest absolute Gasteiger partial charge is 0.270 e. The average molecular weight is 173 g/mol. The highest BCUT2D eigenvalue weighted by Gasteiger charge is 2.12. The number of carbonyl (C=O) groups is 1. The Morgan fingerprint density at radius 2 is 1.92 bits per heavy atom. The molecule has 0 radical (unpaired) electrons. The molecule has 13 heavy (non-hydrogen) atoms. The minimum atomic E-state index is -0.227. The molecule has 4 nitrogen and oxygen atoms in total. The molecule has 0 atom stereocenters. The molecule has 4 heteroatoms. The van der Waals surface area contributed by atoms with Gasteiger partial charge in [-0.2, -0.15) is 0 Å². The van der Waals surface area contributed by atoms with Gasteiger partial charge in [0.05, 0.1) is 12.1 Å². The standard InChI is InChI=1S/C9H7N3O/c13-9-6-8(11-12-9)10-7-4-2-1-3-5-7/h1-5H,6H2. The summed E-state index contributed by atoms with van der Waals surface area (Å²) in [5.74, 6) is 0.255. The van der Waals surface area contributed by atoms with Crippen molar-refractivity contribution < 1.29 is 4.79 Å². The minimum Gasteiger partial charge on any atom is -0.270 e. The Bertz CT molecular complexity index is 381. The van der Waals surface area contributed by atoms with Gasteiger partial charge in [-0.15, -0.1) is 10.2 Å². The third kappa shape index (κ3) is 1.84. The summed E-state index contributed by atoms with van der Waals surface area (Å²) in [4.78, 5) is 14.8. The van der Waals surface area contributed by atoms with Gasteiger partial charge in [0.1, 0.15) is 0 Å².